The van der Waals surface area contributed by atoms with Crippen LogP contribution in [0.4, 0.5) is 5.69 Å². The molecular formula is C27H15Cl3IN3O3S. The lowest BCUT2D eigenvalue weighted by molar-refractivity contribution is -0.115. The van der Waals surface area contributed by atoms with E-state index >= 15 is 0 Å². The van der Waals surface area contributed by atoms with Gasteiger partial charge in [0.15, 0.2) is 10.7 Å². The van der Waals surface area contributed by atoms with Crippen LogP contribution in [0.5, 0.6) is 0 Å². The first-order valence-electron chi connectivity index (χ1n) is 11.0. The van der Waals surface area contributed by atoms with E-state index in [9.17, 15) is 4.79 Å². The highest BCUT2D eigenvalue weighted by Gasteiger charge is 2.13. The maximum absolute atomic E-state index is 12.4. The SMILES string of the molecule is O=C(/C=C/c1ccc(-c2ccc(Cl)cc2Cl)o1)NC(=S)Nc1ccc2oc(-c3cc(I)ccc3Cl)nc2c1. The zero-order chi connectivity index (χ0) is 26.8. The average molecular weight is 695 g/mol. The fourth-order valence-electron chi connectivity index (χ4n) is 3.53. The van der Waals surface area contributed by atoms with Crippen molar-refractivity contribution in [2.45, 2.75) is 0 Å². The molecular weight excluding hydrogens is 680 g/mol. The summed E-state index contributed by atoms with van der Waals surface area (Å²) in [5.41, 5.74) is 3.25. The number of fused-ring (bicyclic) bond motifs is 1. The first-order chi connectivity index (χ1) is 18.2. The van der Waals surface area contributed by atoms with Gasteiger partial charge in [0.25, 0.3) is 0 Å². The van der Waals surface area contributed by atoms with Gasteiger partial charge in [0, 0.05) is 25.9 Å². The van der Waals surface area contributed by atoms with Crippen LogP contribution in [-0.4, -0.2) is 16.0 Å². The predicted molar refractivity (Wildman–Crippen MR) is 165 cm³/mol. The van der Waals surface area contributed by atoms with Crippen LogP contribution < -0.4 is 10.6 Å². The van der Waals surface area contributed by atoms with Crippen molar-refractivity contribution in [1.82, 2.24) is 10.3 Å². The highest BCUT2D eigenvalue weighted by atomic mass is 127. The zero-order valence-electron chi connectivity index (χ0n) is 19.1. The molecule has 190 valence electrons. The van der Waals surface area contributed by atoms with Gasteiger partial charge in [-0.2, -0.15) is 0 Å². The monoisotopic (exact) mass is 693 g/mol. The normalized spacial score (nSPS) is 11.3. The molecule has 38 heavy (non-hydrogen) atoms. The minimum Gasteiger partial charge on any atom is -0.457 e. The van der Waals surface area contributed by atoms with Crippen molar-refractivity contribution in [3.63, 3.8) is 0 Å². The van der Waals surface area contributed by atoms with Crippen LogP contribution in [0, 0.1) is 3.57 Å². The van der Waals surface area contributed by atoms with E-state index in [1.165, 1.54) is 12.2 Å². The van der Waals surface area contributed by atoms with Gasteiger partial charge in [0.1, 0.15) is 17.0 Å². The van der Waals surface area contributed by atoms with Crippen molar-refractivity contribution in [2.75, 3.05) is 5.32 Å². The fraction of sp³-hybridized carbons (Fsp3) is 0. The third-order valence-electron chi connectivity index (χ3n) is 5.26. The van der Waals surface area contributed by atoms with Gasteiger partial charge >= 0.3 is 0 Å². The number of thiocarbonyl (C=S) groups is 1. The maximum Gasteiger partial charge on any atom is 0.250 e. The number of furan rings is 1. The largest absolute Gasteiger partial charge is 0.457 e. The second-order valence-electron chi connectivity index (χ2n) is 7.93. The van der Waals surface area contributed by atoms with E-state index in [-0.39, 0.29) is 5.11 Å². The van der Waals surface area contributed by atoms with E-state index < -0.39 is 5.91 Å². The minimum absolute atomic E-state index is 0.122. The molecule has 6 nitrogen and oxygen atoms in total. The number of carbonyl (C=O) groups is 1. The summed E-state index contributed by atoms with van der Waals surface area (Å²) in [5.74, 6) is 1.02. The van der Waals surface area contributed by atoms with Crippen molar-refractivity contribution in [3.8, 4) is 22.8 Å². The summed E-state index contributed by atoms with van der Waals surface area (Å²) < 4.78 is 12.6. The number of carbonyl (C=O) groups excluding carboxylic acids is 1. The zero-order valence-corrected chi connectivity index (χ0v) is 24.3. The van der Waals surface area contributed by atoms with Crippen molar-refractivity contribution in [2.24, 2.45) is 0 Å². The molecule has 5 rings (SSSR count). The van der Waals surface area contributed by atoms with Crippen LogP contribution >= 0.6 is 69.6 Å². The van der Waals surface area contributed by atoms with Gasteiger partial charge in [0.05, 0.1) is 15.6 Å². The molecule has 5 aromatic rings. The molecule has 0 aliphatic heterocycles. The first kappa shape index (κ1) is 26.7. The van der Waals surface area contributed by atoms with E-state index in [2.05, 4.69) is 38.2 Å². The van der Waals surface area contributed by atoms with E-state index in [4.69, 9.17) is 55.9 Å². The number of rotatable bonds is 5. The molecule has 2 aromatic heterocycles. The molecule has 0 unspecified atom stereocenters. The molecule has 0 bridgehead atoms. The Kier molecular flexibility index (Phi) is 8.06. The van der Waals surface area contributed by atoms with Gasteiger partial charge in [0.2, 0.25) is 11.8 Å². The van der Waals surface area contributed by atoms with E-state index in [0.29, 0.717) is 60.4 Å². The molecule has 0 aliphatic rings. The summed E-state index contributed by atoms with van der Waals surface area (Å²) >= 11 is 26.0. The molecule has 0 spiro atoms. The highest BCUT2D eigenvalue weighted by molar-refractivity contribution is 14.1. The van der Waals surface area contributed by atoms with Crippen LogP contribution in [0.1, 0.15) is 5.76 Å². The van der Waals surface area contributed by atoms with Gasteiger partial charge in [-0.1, -0.05) is 34.8 Å². The van der Waals surface area contributed by atoms with Gasteiger partial charge in [-0.15, -0.1) is 0 Å². The molecule has 1 amide bonds. The molecule has 3 aromatic carbocycles. The number of oxazole rings is 1. The van der Waals surface area contributed by atoms with Gasteiger partial charge in [-0.3, -0.25) is 10.1 Å². The summed E-state index contributed by atoms with van der Waals surface area (Å²) in [6.07, 6.45) is 2.85. The summed E-state index contributed by atoms with van der Waals surface area (Å²) in [6.45, 7) is 0. The molecule has 0 saturated carbocycles. The molecule has 0 aliphatic carbocycles. The highest BCUT2D eigenvalue weighted by Crippen LogP contribution is 2.33. The Labute approximate surface area is 251 Å². The number of halogens is 4. The first-order valence-corrected chi connectivity index (χ1v) is 13.6. The quantitative estimate of drug-likeness (QED) is 0.109. The van der Waals surface area contributed by atoms with Crippen LogP contribution in [0.25, 0.3) is 40.0 Å². The van der Waals surface area contributed by atoms with Gasteiger partial charge < -0.3 is 14.2 Å². The third-order valence-corrected chi connectivity index (χ3v) is 7.02. The lowest BCUT2D eigenvalue weighted by atomic mass is 10.2. The fourth-order valence-corrected chi connectivity index (χ4v) is 4.94. The van der Waals surface area contributed by atoms with Gasteiger partial charge in [-0.05, 0) is 108 Å². The minimum atomic E-state index is -0.428. The molecule has 0 atom stereocenters. The number of aromatic nitrogens is 1. The number of nitrogens with zero attached hydrogens (tertiary/aromatic N) is 1. The van der Waals surface area contributed by atoms with Gasteiger partial charge in [-0.25, -0.2) is 4.98 Å². The second kappa shape index (κ2) is 11.5. The van der Waals surface area contributed by atoms with Crippen molar-refractivity contribution < 1.29 is 13.6 Å². The summed E-state index contributed by atoms with van der Waals surface area (Å²) in [6, 6.07) is 19.5. The Morgan fingerprint density at radius 2 is 1.76 bits per heavy atom. The number of benzene rings is 3. The number of hydrogen-bond acceptors (Lipinski definition) is 5. The van der Waals surface area contributed by atoms with Crippen molar-refractivity contribution >= 4 is 103 Å². The van der Waals surface area contributed by atoms with Crippen LogP contribution in [0.2, 0.25) is 15.1 Å². The molecule has 2 heterocycles. The van der Waals surface area contributed by atoms with Crippen molar-refractivity contribution in [3.05, 3.63) is 97.2 Å². The Morgan fingerprint density at radius 3 is 2.58 bits per heavy atom. The smallest absolute Gasteiger partial charge is 0.250 e. The lowest BCUT2D eigenvalue weighted by Gasteiger charge is -2.07. The van der Waals surface area contributed by atoms with E-state index in [1.54, 1.807) is 54.6 Å². The number of nitrogens with one attached hydrogen (secondary N) is 2. The topological polar surface area (TPSA) is 80.3 Å². The standard InChI is InChI=1S/C27H15Cl3IN3O3S/c28-14-1-6-18(21(30)11-14)23-9-4-17(36-23)5-10-25(35)34-27(38)32-16-3-8-24-22(13-16)33-26(37-24)19-12-15(31)2-7-20(19)29/h1-13H,(H2,32,34,35,38)/b10-5+. The molecule has 2 N–H and O–H groups in total. The molecule has 0 fully saturated rings. The second-order valence-corrected chi connectivity index (χ2v) is 10.8. The molecule has 11 heteroatoms. The molecule has 0 saturated heterocycles. The Bertz CT molecular complexity index is 1730. The third kappa shape index (κ3) is 6.22. The summed E-state index contributed by atoms with van der Waals surface area (Å²) in [7, 11) is 0. The molecule has 0 radical (unpaired) electrons. The van der Waals surface area contributed by atoms with Crippen LogP contribution in [-0.2, 0) is 4.79 Å². The number of anilines is 1. The van der Waals surface area contributed by atoms with Crippen LogP contribution in [0.3, 0.4) is 0 Å². The average Bonchev–Trinajstić information content (AvgIpc) is 3.51. The summed E-state index contributed by atoms with van der Waals surface area (Å²) in [5, 5.41) is 7.25. The number of amides is 1. The summed E-state index contributed by atoms with van der Waals surface area (Å²) in [4.78, 5) is 16.9. The van der Waals surface area contributed by atoms with E-state index in [1.807, 2.05) is 12.1 Å². The van der Waals surface area contributed by atoms with E-state index in [0.717, 1.165) is 3.57 Å². The Hall–Kier alpha value is -2.89. The maximum atomic E-state index is 12.4. The number of hydrogen-bond donors (Lipinski definition) is 2. The Morgan fingerprint density at radius 1 is 0.921 bits per heavy atom. The van der Waals surface area contributed by atoms with Crippen molar-refractivity contribution in [1.29, 1.82) is 0 Å². The predicted octanol–water partition coefficient (Wildman–Crippen LogP) is 8.85. The lowest BCUT2D eigenvalue weighted by Crippen LogP contribution is -2.32. The Balaban J connectivity index is 1.22. The van der Waals surface area contributed by atoms with Crippen LogP contribution in [0.15, 0.2) is 81.6 Å².